The van der Waals surface area contributed by atoms with Crippen molar-refractivity contribution in [2.24, 2.45) is 5.92 Å². The minimum atomic E-state index is -0.356. The number of esters is 1. The molecule has 4 nitrogen and oxygen atoms in total. The van der Waals surface area contributed by atoms with Gasteiger partial charge in [-0.1, -0.05) is 15.9 Å². The molecule has 1 amide bonds. The monoisotopic (exact) mass is 311 g/mol. The molecule has 1 aromatic rings. The highest BCUT2D eigenvalue weighted by atomic mass is 79.9. The maximum absolute atomic E-state index is 11.9. The van der Waals surface area contributed by atoms with Crippen molar-refractivity contribution in [1.29, 1.82) is 0 Å². The van der Waals surface area contributed by atoms with Crippen LogP contribution in [0.1, 0.15) is 12.0 Å². The predicted octanol–water partition coefficient (Wildman–Crippen LogP) is 2.28. The summed E-state index contributed by atoms with van der Waals surface area (Å²) in [5.74, 6) is -0.706. The van der Waals surface area contributed by atoms with Crippen molar-refractivity contribution in [2.45, 2.75) is 13.3 Å². The number of carbonyl (C=O) groups is 2. The molecule has 0 N–H and O–H groups in total. The molecule has 2 rings (SSSR count). The predicted molar refractivity (Wildman–Crippen MR) is 71.4 cm³/mol. The van der Waals surface area contributed by atoms with Crippen LogP contribution in [0.2, 0.25) is 0 Å². The largest absolute Gasteiger partial charge is 0.469 e. The molecule has 1 unspecified atom stereocenters. The van der Waals surface area contributed by atoms with Crippen molar-refractivity contribution in [2.75, 3.05) is 18.6 Å². The zero-order valence-electron chi connectivity index (χ0n) is 10.3. The van der Waals surface area contributed by atoms with Crippen LogP contribution in [0.4, 0.5) is 5.69 Å². The van der Waals surface area contributed by atoms with Gasteiger partial charge >= 0.3 is 5.97 Å². The molecule has 1 atom stereocenters. The molecule has 1 aliphatic rings. The Kier molecular flexibility index (Phi) is 3.71. The maximum Gasteiger partial charge on any atom is 0.311 e. The topological polar surface area (TPSA) is 46.6 Å². The van der Waals surface area contributed by atoms with Gasteiger partial charge in [0.2, 0.25) is 5.91 Å². The number of carbonyl (C=O) groups excluding carboxylic acids is 2. The van der Waals surface area contributed by atoms with Crippen molar-refractivity contribution in [1.82, 2.24) is 0 Å². The lowest BCUT2D eigenvalue weighted by molar-refractivity contribution is -0.145. The highest BCUT2D eigenvalue weighted by Crippen LogP contribution is 2.30. The minimum absolute atomic E-state index is 0.0316. The Bertz CT molecular complexity index is 501. The van der Waals surface area contributed by atoms with Gasteiger partial charge in [-0.05, 0) is 30.7 Å². The summed E-state index contributed by atoms with van der Waals surface area (Å²) in [6, 6.07) is 5.73. The van der Waals surface area contributed by atoms with Gasteiger partial charge in [0.1, 0.15) is 0 Å². The van der Waals surface area contributed by atoms with E-state index in [4.69, 9.17) is 4.74 Å². The lowest BCUT2D eigenvalue weighted by Crippen LogP contribution is -2.26. The first kappa shape index (κ1) is 13.1. The van der Waals surface area contributed by atoms with E-state index in [1.165, 1.54) is 7.11 Å². The van der Waals surface area contributed by atoms with Gasteiger partial charge in [-0.2, -0.15) is 0 Å². The zero-order chi connectivity index (χ0) is 13.3. The molecule has 1 fully saturated rings. The first-order valence-corrected chi connectivity index (χ1v) is 6.46. The van der Waals surface area contributed by atoms with Crippen LogP contribution in [-0.4, -0.2) is 25.5 Å². The van der Waals surface area contributed by atoms with Gasteiger partial charge in [0.25, 0.3) is 0 Å². The number of amides is 1. The third kappa shape index (κ3) is 2.41. The second kappa shape index (κ2) is 5.10. The average molecular weight is 312 g/mol. The third-order valence-electron chi connectivity index (χ3n) is 3.11. The fraction of sp³-hybridized carbons (Fsp3) is 0.385. The Labute approximate surface area is 114 Å². The number of ether oxygens (including phenoxy) is 1. The van der Waals surface area contributed by atoms with E-state index in [0.29, 0.717) is 6.54 Å². The number of hydrogen-bond donors (Lipinski definition) is 0. The molecule has 0 bridgehead atoms. The lowest BCUT2D eigenvalue weighted by Gasteiger charge is -2.19. The second-order valence-electron chi connectivity index (χ2n) is 4.36. The minimum Gasteiger partial charge on any atom is -0.469 e. The fourth-order valence-electron chi connectivity index (χ4n) is 2.19. The summed E-state index contributed by atoms with van der Waals surface area (Å²) in [6.45, 7) is 2.34. The third-order valence-corrected chi connectivity index (χ3v) is 3.60. The Morgan fingerprint density at radius 1 is 1.50 bits per heavy atom. The van der Waals surface area contributed by atoms with Crippen LogP contribution in [0.25, 0.3) is 0 Å². The van der Waals surface area contributed by atoms with Gasteiger partial charge in [-0.3, -0.25) is 9.59 Å². The molecule has 0 spiro atoms. The Morgan fingerprint density at radius 3 is 2.83 bits per heavy atom. The summed E-state index contributed by atoms with van der Waals surface area (Å²) < 4.78 is 5.66. The van der Waals surface area contributed by atoms with E-state index in [9.17, 15) is 9.59 Å². The van der Waals surface area contributed by atoms with E-state index in [-0.39, 0.29) is 24.2 Å². The molecule has 5 heteroatoms. The van der Waals surface area contributed by atoms with Gasteiger partial charge < -0.3 is 9.64 Å². The van der Waals surface area contributed by atoms with Crippen LogP contribution in [0, 0.1) is 12.8 Å². The number of halogens is 1. The Hall–Kier alpha value is -1.36. The molecule has 1 aliphatic heterocycles. The van der Waals surface area contributed by atoms with E-state index >= 15 is 0 Å². The zero-order valence-corrected chi connectivity index (χ0v) is 11.9. The second-order valence-corrected chi connectivity index (χ2v) is 5.28. The number of aryl methyl sites for hydroxylation is 1. The summed E-state index contributed by atoms with van der Waals surface area (Å²) in [5.41, 5.74) is 1.86. The molecule has 0 aliphatic carbocycles. The summed E-state index contributed by atoms with van der Waals surface area (Å²) >= 11 is 3.39. The van der Waals surface area contributed by atoms with Crippen LogP contribution in [0.5, 0.6) is 0 Å². The first-order valence-electron chi connectivity index (χ1n) is 5.67. The number of nitrogens with zero attached hydrogens (tertiary/aromatic N) is 1. The maximum atomic E-state index is 11.9. The van der Waals surface area contributed by atoms with Crippen LogP contribution >= 0.6 is 15.9 Å². The molecule has 1 aromatic carbocycles. The number of benzene rings is 1. The molecule has 1 saturated heterocycles. The Morgan fingerprint density at radius 2 is 2.22 bits per heavy atom. The molecule has 0 saturated carbocycles. The van der Waals surface area contributed by atoms with Gasteiger partial charge in [-0.15, -0.1) is 0 Å². The summed E-state index contributed by atoms with van der Waals surface area (Å²) in [5, 5.41) is 0. The summed E-state index contributed by atoms with van der Waals surface area (Å²) in [7, 11) is 1.35. The summed E-state index contributed by atoms with van der Waals surface area (Å²) in [6.07, 6.45) is 0.224. The molecular weight excluding hydrogens is 298 g/mol. The van der Waals surface area contributed by atoms with Crippen LogP contribution < -0.4 is 4.90 Å². The van der Waals surface area contributed by atoms with E-state index < -0.39 is 0 Å². The Balaban J connectivity index is 2.24. The normalized spacial score (nSPS) is 19.2. The molecule has 18 heavy (non-hydrogen) atoms. The highest BCUT2D eigenvalue weighted by Gasteiger charge is 2.36. The van der Waals surface area contributed by atoms with Crippen LogP contribution in [0.3, 0.4) is 0 Å². The van der Waals surface area contributed by atoms with Crippen molar-refractivity contribution >= 4 is 33.5 Å². The van der Waals surface area contributed by atoms with Crippen LogP contribution in [0.15, 0.2) is 22.7 Å². The van der Waals surface area contributed by atoms with E-state index in [0.717, 1.165) is 15.7 Å². The number of rotatable bonds is 2. The standard InChI is InChI=1S/C13H14BrNO3/c1-8-5-10(14)3-4-11(8)15-7-9(6-12(15)16)13(17)18-2/h3-5,9H,6-7H2,1-2H3. The molecule has 0 aromatic heterocycles. The molecule has 1 heterocycles. The van der Waals surface area contributed by atoms with Gasteiger partial charge in [0, 0.05) is 23.1 Å². The van der Waals surface area contributed by atoms with Crippen molar-refractivity contribution < 1.29 is 14.3 Å². The quantitative estimate of drug-likeness (QED) is 0.787. The molecule has 96 valence electrons. The number of anilines is 1. The van der Waals surface area contributed by atoms with E-state index in [1.807, 2.05) is 25.1 Å². The van der Waals surface area contributed by atoms with Crippen LogP contribution in [-0.2, 0) is 14.3 Å². The highest BCUT2D eigenvalue weighted by molar-refractivity contribution is 9.10. The average Bonchev–Trinajstić information content (AvgIpc) is 2.70. The van der Waals surface area contributed by atoms with Crippen molar-refractivity contribution in [3.8, 4) is 0 Å². The number of methoxy groups -OCH3 is 1. The van der Waals surface area contributed by atoms with Crippen molar-refractivity contribution in [3.63, 3.8) is 0 Å². The van der Waals surface area contributed by atoms with Gasteiger partial charge in [-0.25, -0.2) is 0 Å². The van der Waals surface area contributed by atoms with Gasteiger partial charge in [0.15, 0.2) is 0 Å². The molecular formula is C13H14BrNO3. The lowest BCUT2D eigenvalue weighted by atomic mass is 10.1. The number of hydrogen-bond acceptors (Lipinski definition) is 3. The SMILES string of the molecule is COC(=O)C1CC(=O)N(c2ccc(Br)cc2C)C1. The van der Waals surface area contributed by atoms with E-state index in [2.05, 4.69) is 15.9 Å². The summed E-state index contributed by atoms with van der Waals surface area (Å²) in [4.78, 5) is 25.1. The van der Waals surface area contributed by atoms with Crippen molar-refractivity contribution in [3.05, 3.63) is 28.2 Å². The van der Waals surface area contributed by atoms with Gasteiger partial charge in [0.05, 0.1) is 13.0 Å². The molecule has 0 radical (unpaired) electrons. The smallest absolute Gasteiger partial charge is 0.311 e. The fourth-order valence-corrected chi connectivity index (χ4v) is 2.66. The van der Waals surface area contributed by atoms with E-state index in [1.54, 1.807) is 4.90 Å². The first-order chi connectivity index (χ1) is 8.52.